The number of nitrogens with zero attached hydrogens (tertiary/aromatic N) is 1. The molecule has 1 N–H and O–H groups in total. The highest BCUT2D eigenvalue weighted by Crippen LogP contribution is 2.24. The largest absolute Gasteiger partial charge is 0.480 e. The van der Waals surface area contributed by atoms with Gasteiger partial charge >= 0.3 is 18.0 Å². The molecule has 0 saturated heterocycles. The third-order valence-electron chi connectivity index (χ3n) is 2.83. The highest BCUT2D eigenvalue weighted by Gasteiger charge is 2.25. The molecule has 0 bridgehead atoms. The molecule has 0 aliphatic carbocycles. The minimum atomic E-state index is -1.15. The molecule has 8 heteroatoms. The van der Waals surface area contributed by atoms with Crippen LogP contribution in [0.25, 0.3) is 0 Å². The summed E-state index contributed by atoms with van der Waals surface area (Å²) >= 11 is 1.30. The summed E-state index contributed by atoms with van der Waals surface area (Å²) in [6.07, 6.45) is -0.737. The van der Waals surface area contributed by atoms with Crippen molar-refractivity contribution in [2.75, 3.05) is 17.2 Å². The van der Waals surface area contributed by atoms with E-state index in [1.54, 1.807) is 65.8 Å². The van der Waals surface area contributed by atoms with Crippen LogP contribution in [-0.2, 0) is 19.1 Å². The highest BCUT2D eigenvalue weighted by molar-refractivity contribution is 8.00. The summed E-state index contributed by atoms with van der Waals surface area (Å²) in [5, 5.41) is 9.08. The summed E-state index contributed by atoms with van der Waals surface area (Å²) in [6, 6.07) is 6.65. The van der Waals surface area contributed by atoms with Gasteiger partial charge < -0.3 is 14.6 Å². The van der Waals surface area contributed by atoms with E-state index in [9.17, 15) is 14.4 Å². The Hall–Kier alpha value is -2.22. The maximum absolute atomic E-state index is 12.3. The first-order chi connectivity index (χ1) is 12.3. The van der Waals surface area contributed by atoms with Crippen molar-refractivity contribution >= 4 is 35.5 Å². The van der Waals surface area contributed by atoms with Gasteiger partial charge in [0, 0.05) is 10.6 Å². The molecule has 0 aliphatic heterocycles. The molecule has 0 unspecified atom stereocenters. The van der Waals surface area contributed by atoms with E-state index in [0.29, 0.717) is 5.69 Å². The molecule has 0 aromatic heterocycles. The van der Waals surface area contributed by atoms with Crippen molar-refractivity contribution in [2.45, 2.75) is 57.6 Å². The molecule has 0 heterocycles. The Labute approximate surface area is 164 Å². The second-order valence-electron chi connectivity index (χ2n) is 7.83. The van der Waals surface area contributed by atoms with E-state index in [4.69, 9.17) is 14.6 Å². The first kappa shape index (κ1) is 22.8. The molecule has 27 heavy (non-hydrogen) atoms. The van der Waals surface area contributed by atoms with Gasteiger partial charge in [0.2, 0.25) is 0 Å². The molecule has 1 aromatic carbocycles. The van der Waals surface area contributed by atoms with E-state index in [1.165, 1.54) is 11.8 Å². The van der Waals surface area contributed by atoms with Crippen LogP contribution in [0.5, 0.6) is 0 Å². The SMILES string of the molecule is CC(C)(C)OC(=O)CSc1ccc(N(CC(=O)O)C(=O)OC(C)(C)C)cc1. The van der Waals surface area contributed by atoms with Gasteiger partial charge in [-0.25, -0.2) is 4.79 Å². The lowest BCUT2D eigenvalue weighted by molar-refractivity contribution is -0.151. The minimum Gasteiger partial charge on any atom is -0.480 e. The van der Waals surface area contributed by atoms with Crippen LogP contribution in [0.1, 0.15) is 41.5 Å². The van der Waals surface area contributed by atoms with Crippen LogP contribution in [-0.4, -0.2) is 46.6 Å². The van der Waals surface area contributed by atoms with Crippen molar-refractivity contribution in [2.24, 2.45) is 0 Å². The van der Waals surface area contributed by atoms with Crippen molar-refractivity contribution in [3.63, 3.8) is 0 Å². The van der Waals surface area contributed by atoms with Gasteiger partial charge in [-0.2, -0.15) is 0 Å². The molecular weight excluding hydrogens is 370 g/mol. The Balaban J connectivity index is 2.81. The lowest BCUT2D eigenvalue weighted by Crippen LogP contribution is -2.40. The number of rotatable bonds is 6. The molecule has 0 saturated carbocycles. The van der Waals surface area contributed by atoms with E-state index in [2.05, 4.69) is 0 Å². The smallest absolute Gasteiger partial charge is 0.415 e. The number of hydrogen-bond donors (Lipinski definition) is 1. The molecule has 0 radical (unpaired) electrons. The molecule has 7 nitrogen and oxygen atoms in total. The highest BCUT2D eigenvalue weighted by atomic mass is 32.2. The van der Waals surface area contributed by atoms with E-state index >= 15 is 0 Å². The van der Waals surface area contributed by atoms with Crippen molar-refractivity contribution in [1.82, 2.24) is 0 Å². The van der Waals surface area contributed by atoms with Crippen LogP contribution < -0.4 is 4.90 Å². The summed E-state index contributed by atoms with van der Waals surface area (Å²) in [5.74, 6) is -1.32. The second-order valence-corrected chi connectivity index (χ2v) is 8.88. The predicted octanol–water partition coefficient (Wildman–Crippen LogP) is 3.95. The fourth-order valence-electron chi connectivity index (χ4n) is 1.95. The van der Waals surface area contributed by atoms with E-state index < -0.39 is 29.8 Å². The third kappa shape index (κ3) is 9.33. The molecule has 0 atom stereocenters. The number of ether oxygens (including phenoxy) is 2. The number of carboxylic acids is 1. The third-order valence-corrected chi connectivity index (χ3v) is 3.82. The topological polar surface area (TPSA) is 93.1 Å². The molecule has 1 amide bonds. The van der Waals surface area contributed by atoms with Crippen LogP contribution in [0.2, 0.25) is 0 Å². The van der Waals surface area contributed by atoms with Crippen molar-refractivity contribution in [1.29, 1.82) is 0 Å². The summed E-state index contributed by atoms with van der Waals surface area (Å²) in [6.45, 7) is 10.0. The Kier molecular flexibility index (Phi) is 7.71. The number of carbonyl (C=O) groups excluding carboxylic acids is 2. The number of anilines is 1. The first-order valence-corrected chi connectivity index (χ1v) is 9.42. The number of carboxylic acid groups (broad SMARTS) is 1. The van der Waals surface area contributed by atoms with Crippen LogP contribution in [0.3, 0.4) is 0 Å². The fraction of sp³-hybridized carbons (Fsp3) is 0.526. The zero-order chi connectivity index (χ0) is 20.8. The molecular formula is C19H27NO6S. The van der Waals surface area contributed by atoms with Crippen LogP contribution in [0, 0.1) is 0 Å². The number of thioether (sulfide) groups is 1. The lowest BCUT2D eigenvalue weighted by atomic mass is 10.2. The molecule has 0 aliphatic rings. The van der Waals surface area contributed by atoms with Crippen LogP contribution in [0.4, 0.5) is 10.5 Å². The van der Waals surface area contributed by atoms with Gasteiger partial charge in [0.25, 0.3) is 0 Å². The van der Waals surface area contributed by atoms with Gasteiger partial charge in [0.05, 0.1) is 5.75 Å². The van der Waals surface area contributed by atoms with E-state index in [0.717, 1.165) is 9.80 Å². The second kappa shape index (κ2) is 9.12. The Bertz CT molecular complexity index is 673. The molecule has 0 fully saturated rings. The van der Waals surface area contributed by atoms with Gasteiger partial charge in [0.1, 0.15) is 17.7 Å². The van der Waals surface area contributed by atoms with Crippen molar-refractivity contribution < 1.29 is 29.0 Å². The average molecular weight is 397 g/mol. The quantitative estimate of drug-likeness (QED) is 0.574. The van der Waals surface area contributed by atoms with E-state index in [-0.39, 0.29) is 11.7 Å². The lowest BCUT2D eigenvalue weighted by Gasteiger charge is -2.26. The first-order valence-electron chi connectivity index (χ1n) is 8.44. The Morgan fingerprint density at radius 3 is 1.93 bits per heavy atom. The monoisotopic (exact) mass is 397 g/mol. The number of esters is 1. The molecule has 1 rings (SSSR count). The number of benzene rings is 1. The van der Waals surface area contributed by atoms with E-state index in [1.807, 2.05) is 0 Å². The van der Waals surface area contributed by atoms with Crippen molar-refractivity contribution in [3.05, 3.63) is 24.3 Å². The van der Waals surface area contributed by atoms with Gasteiger partial charge in [-0.05, 0) is 65.8 Å². The molecule has 1 aromatic rings. The summed E-state index contributed by atoms with van der Waals surface area (Å²) in [5.41, 5.74) is -0.878. The Morgan fingerprint density at radius 1 is 0.963 bits per heavy atom. The fourth-order valence-corrected chi connectivity index (χ4v) is 2.62. The maximum atomic E-state index is 12.3. The number of carbonyl (C=O) groups is 3. The zero-order valence-corrected chi connectivity index (χ0v) is 17.4. The van der Waals surface area contributed by atoms with Crippen molar-refractivity contribution in [3.8, 4) is 0 Å². The van der Waals surface area contributed by atoms with Gasteiger partial charge in [-0.3, -0.25) is 14.5 Å². The standard InChI is InChI=1S/C19H27NO6S/c1-18(2,3)25-16(23)12-27-14-9-7-13(8-10-14)20(11-15(21)22)17(24)26-19(4,5)6/h7-10H,11-12H2,1-6H3,(H,21,22). The number of amides is 1. The van der Waals surface area contributed by atoms with Crippen LogP contribution in [0.15, 0.2) is 29.2 Å². The Morgan fingerprint density at radius 2 is 1.48 bits per heavy atom. The number of aliphatic carboxylic acids is 1. The normalized spacial score (nSPS) is 11.6. The van der Waals surface area contributed by atoms with Gasteiger partial charge in [-0.15, -0.1) is 11.8 Å². The summed E-state index contributed by atoms with van der Waals surface area (Å²) in [4.78, 5) is 37.0. The van der Waals surface area contributed by atoms with Crippen LogP contribution >= 0.6 is 11.8 Å². The maximum Gasteiger partial charge on any atom is 0.415 e. The molecule has 0 spiro atoms. The number of hydrogen-bond acceptors (Lipinski definition) is 6. The minimum absolute atomic E-state index is 0.154. The van der Waals surface area contributed by atoms with Gasteiger partial charge in [0.15, 0.2) is 0 Å². The average Bonchev–Trinajstić information content (AvgIpc) is 2.47. The zero-order valence-electron chi connectivity index (χ0n) is 16.6. The molecule has 150 valence electrons. The van der Waals surface area contributed by atoms with Gasteiger partial charge in [-0.1, -0.05) is 0 Å². The summed E-state index contributed by atoms with van der Waals surface area (Å²) < 4.78 is 10.5. The summed E-state index contributed by atoms with van der Waals surface area (Å²) in [7, 11) is 0. The predicted molar refractivity (Wildman–Crippen MR) is 104 cm³/mol.